The molecule has 8 nitrogen and oxygen atoms in total. The highest BCUT2D eigenvalue weighted by atomic mass is 16.5. The smallest absolute Gasteiger partial charge is 0.305 e. The van der Waals surface area contributed by atoms with Gasteiger partial charge in [-0.2, -0.15) is 0 Å². The van der Waals surface area contributed by atoms with Gasteiger partial charge in [-0.05, 0) is 70.5 Å². The fraction of sp³-hybridized carbons (Fsp3) is 0.364. The van der Waals surface area contributed by atoms with Crippen molar-refractivity contribution in [1.82, 2.24) is 4.58 Å². The van der Waals surface area contributed by atoms with Gasteiger partial charge in [-0.3, -0.25) is 4.79 Å². The SMILES string of the molecule is C=CCN(CC=C)c1ccc2c(-c3cc(N(CC)CC)c(N(CC)CCCC(=O)OCC)cc3OC)c3ccc(=[N+](CC=C)CC=C)cc-3oc2c1. The molecule has 0 aromatic heterocycles. The van der Waals surface area contributed by atoms with Crippen LogP contribution in [0.3, 0.4) is 0 Å². The molecule has 0 radical (unpaired) electrons. The van der Waals surface area contributed by atoms with Crippen LogP contribution in [0.25, 0.3) is 33.4 Å². The lowest BCUT2D eigenvalue weighted by molar-refractivity contribution is -0.143. The standard InChI is InChI=1S/C44H57N4O4/c1-10-24-47(25-11-2)33-20-22-35-41(29-33)52-42-30-34(48(26-12-3)27-13-4)21-23-36(42)44(35)37-31-38(45(14-5)15-6)39(32-40(37)50-9)46(16-7)28-18-19-43(49)51-17-8/h10-13,20-23,29-32H,1-4,14-19,24-28H2,5-9H3/q+1. The van der Waals surface area contributed by atoms with Gasteiger partial charge in [0.1, 0.15) is 17.1 Å². The van der Waals surface area contributed by atoms with Crippen molar-refractivity contribution in [2.24, 2.45) is 0 Å². The van der Waals surface area contributed by atoms with Crippen LogP contribution in [-0.4, -0.2) is 72.0 Å². The molecular formula is C44H57N4O4+. The van der Waals surface area contributed by atoms with Gasteiger partial charge in [-0.25, -0.2) is 4.58 Å². The van der Waals surface area contributed by atoms with Crippen LogP contribution in [0.5, 0.6) is 5.75 Å². The number of methoxy groups -OCH3 is 1. The van der Waals surface area contributed by atoms with Crippen molar-refractivity contribution < 1.29 is 18.7 Å². The molecule has 1 aliphatic heterocycles. The molecule has 0 atom stereocenters. The van der Waals surface area contributed by atoms with Gasteiger partial charge in [-0.1, -0.05) is 25.3 Å². The summed E-state index contributed by atoms with van der Waals surface area (Å²) in [4.78, 5) is 19.1. The minimum atomic E-state index is -0.163. The largest absolute Gasteiger partial charge is 0.496 e. The van der Waals surface area contributed by atoms with Crippen molar-refractivity contribution in [2.45, 2.75) is 40.5 Å². The van der Waals surface area contributed by atoms with E-state index < -0.39 is 0 Å². The summed E-state index contributed by atoms with van der Waals surface area (Å²) in [5.41, 5.74) is 6.96. The number of carbonyl (C=O) groups is 1. The first-order chi connectivity index (χ1) is 25.3. The number of nitrogens with zero attached hydrogens (tertiary/aromatic N) is 4. The second-order valence-corrected chi connectivity index (χ2v) is 12.5. The Morgan fingerprint density at radius 1 is 0.788 bits per heavy atom. The molecule has 2 aliphatic rings. The monoisotopic (exact) mass is 705 g/mol. The van der Waals surface area contributed by atoms with Crippen molar-refractivity contribution >= 4 is 34.0 Å². The Labute approximate surface area is 310 Å². The second-order valence-electron chi connectivity index (χ2n) is 12.5. The van der Waals surface area contributed by atoms with E-state index in [9.17, 15) is 4.79 Å². The van der Waals surface area contributed by atoms with Crippen LogP contribution in [0, 0.1) is 0 Å². The number of hydrogen-bond donors (Lipinski definition) is 0. The van der Waals surface area contributed by atoms with E-state index in [-0.39, 0.29) is 5.97 Å². The van der Waals surface area contributed by atoms with E-state index in [1.807, 2.05) is 31.2 Å². The number of esters is 1. The third-order valence-electron chi connectivity index (χ3n) is 9.32. The molecule has 0 spiro atoms. The van der Waals surface area contributed by atoms with Gasteiger partial charge in [0.05, 0.1) is 31.2 Å². The molecule has 0 N–H and O–H groups in total. The number of carbonyl (C=O) groups excluding carboxylic acids is 1. The van der Waals surface area contributed by atoms with E-state index in [2.05, 4.69) is 115 Å². The molecule has 8 heteroatoms. The Morgan fingerprint density at radius 2 is 1.46 bits per heavy atom. The molecular weight excluding hydrogens is 649 g/mol. The molecule has 4 rings (SSSR count). The van der Waals surface area contributed by atoms with Crippen molar-refractivity contribution in [3.05, 3.63) is 105 Å². The molecule has 52 heavy (non-hydrogen) atoms. The van der Waals surface area contributed by atoms with E-state index in [1.54, 1.807) is 7.11 Å². The molecule has 2 aromatic rings. The summed E-state index contributed by atoms with van der Waals surface area (Å²) in [6.07, 6.45) is 8.66. The lowest BCUT2D eigenvalue weighted by Crippen LogP contribution is -2.30. The predicted octanol–water partition coefficient (Wildman–Crippen LogP) is 8.55. The van der Waals surface area contributed by atoms with E-state index in [0.29, 0.717) is 52.2 Å². The summed E-state index contributed by atoms with van der Waals surface area (Å²) in [6.45, 7) is 30.5. The minimum absolute atomic E-state index is 0.163. The van der Waals surface area contributed by atoms with Gasteiger partial charge in [0.25, 0.3) is 0 Å². The minimum Gasteiger partial charge on any atom is -0.496 e. The Kier molecular flexibility index (Phi) is 14.7. The summed E-state index contributed by atoms with van der Waals surface area (Å²) >= 11 is 0. The van der Waals surface area contributed by atoms with Crippen molar-refractivity contribution in [2.75, 3.05) is 80.8 Å². The van der Waals surface area contributed by atoms with Crippen LogP contribution in [-0.2, 0) is 9.53 Å². The van der Waals surface area contributed by atoms with Gasteiger partial charge in [-0.15, -0.1) is 13.2 Å². The van der Waals surface area contributed by atoms with Crippen LogP contribution < -0.4 is 29.4 Å². The Balaban J connectivity index is 2.06. The van der Waals surface area contributed by atoms with E-state index >= 15 is 0 Å². The molecule has 0 amide bonds. The summed E-state index contributed by atoms with van der Waals surface area (Å²) in [7, 11) is 1.73. The first-order valence-corrected chi connectivity index (χ1v) is 18.5. The molecule has 0 fully saturated rings. The lowest BCUT2D eigenvalue weighted by atomic mass is 9.91. The average molecular weight is 706 g/mol. The molecule has 0 bridgehead atoms. The quantitative estimate of drug-likeness (QED) is 0.0373. The number of ether oxygens (including phenoxy) is 2. The van der Waals surface area contributed by atoms with E-state index in [1.165, 1.54) is 0 Å². The van der Waals surface area contributed by atoms with Crippen molar-refractivity contribution in [3.63, 3.8) is 0 Å². The third-order valence-corrected chi connectivity index (χ3v) is 9.32. The predicted molar refractivity (Wildman–Crippen MR) is 220 cm³/mol. The number of hydrogen-bond acceptors (Lipinski definition) is 7. The van der Waals surface area contributed by atoms with Gasteiger partial charge in [0, 0.05) is 91.7 Å². The van der Waals surface area contributed by atoms with Crippen LogP contribution in [0.4, 0.5) is 17.1 Å². The fourth-order valence-corrected chi connectivity index (χ4v) is 6.83. The van der Waals surface area contributed by atoms with E-state index in [0.717, 1.165) is 81.2 Å². The maximum Gasteiger partial charge on any atom is 0.305 e. The van der Waals surface area contributed by atoms with E-state index in [4.69, 9.17) is 13.9 Å². The van der Waals surface area contributed by atoms with Crippen molar-refractivity contribution in [3.8, 4) is 28.2 Å². The Bertz CT molecular complexity index is 1880. The first kappa shape index (κ1) is 39.5. The van der Waals surface area contributed by atoms with Gasteiger partial charge in [0.15, 0.2) is 13.1 Å². The fourth-order valence-electron chi connectivity index (χ4n) is 6.83. The lowest BCUT2D eigenvalue weighted by Gasteiger charge is -2.32. The zero-order valence-electron chi connectivity index (χ0n) is 32.0. The number of rotatable bonds is 21. The highest BCUT2D eigenvalue weighted by Crippen LogP contribution is 2.48. The molecule has 0 saturated carbocycles. The normalized spacial score (nSPS) is 10.9. The van der Waals surface area contributed by atoms with Crippen LogP contribution in [0.15, 0.2) is 104 Å². The number of fused-ring (bicyclic) bond motifs is 2. The van der Waals surface area contributed by atoms with Crippen LogP contribution in [0.2, 0.25) is 0 Å². The van der Waals surface area contributed by atoms with Crippen molar-refractivity contribution in [1.29, 1.82) is 0 Å². The maximum absolute atomic E-state index is 12.2. The number of benzene rings is 3. The first-order valence-electron chi connectivity index (χ1n) is 18.5. The van der Waals surface area contributed by atoms with Crippen LogP contribution in [0.1, 0.15) is 40.5 Å². The summed E-state index contributed by atoms with van der Waals surface area (Å²) in [6, 6.07) is 17.2. The Hall–Kier alpha value is -5.24. The van der Waals surface area contributed by atoms with Gasteiger partial charge in [0.2, 0.25) is 5.36 Å². The highest BCUT2D eigenvalue weighted by molar-refractivity contribution is 6.05. The third kappa shape index (κ3) is 8.97. The molecule has 2 aromatic carbocycles. The van der Waals surface area contributed by atoms with Gasteiger partial charge >= 0.3 is 5.97 Å². The zero-order chi connectivity index (χ0) is 37.6. The maximum atomic E-state index is 12.2. The topological polar surface area (TPSA) is 61.4 Å². The summed E-state index contributed by atoms with van der Waals surface area (Å²) in [5, 5.41) is 2.00. The highest BCUT2D eigenvalue weighted by Gasteiger charge is 2.25. The second kappa shape index (κ2) is 19.4. The summed E-state index contributed by atoms with van der Waals surface area (Å²) < 4.78 is 20.5. The molecule has 276 valence electrons. The zero-order valence-corrected chi connectivity index (χ0v) is 32.0. The molecule has 0 saturated heterocycles. The average Bonchev–Trinajstić information content (AvgIpc) is 3.15. The number of anilines is 3. The van der Waals surface area contributed by atoms with Gasteiger partial charge < -0.3 is 28.6 Å². The molecule has 1 heterocycles. The molecule has 0 unspecified atom stereocenters. The Morgan fingerprint density at radius 3 is 2.06 bits per heavy atom. The molecule has 1 aliphatic carbocycles. The van der Waals surface area contributed by atoms with Crippen LogP contribution >= 0.6 is 0 Å². The summed E-state index contributed by atoms with van der Waals surface area (Å²) in [5.74, 6) is 1.36.